The maximum Gasteiger partial charge on any atom is 0.387 e. The van der Waals surface area contributed by atoms with Crippen molar-refractivity contribution in [1.29, 1.82) is 0 Å². The number of ether oxygens (including phenoxy) is 1. The Morgan fingerprint density at radius 2 is 1.92 bits per heavy atom. The molecule has 0 aliphatic rings. The van der Waals surface area contributed by atoms with E-state index in [1.807, 2.05) is 25.1 Å². The lowest BCUT2D eigenvalue weighted by Crippen LogP contribution is -2.35. The van der Waals surface area contributed by atoms with E-state index >= 15 is 0 Å². The smallest absolute Gasteiger partial charge is 0.387 e. The molecule has 0 atom stereocenters. The highest BCUT2D eigenvalue weighted by atomic mass is 19.3. The number of hydrogen-bond acceptors (Lipinski definition) is 3. The summed E-state index contributed by atoms with van der Waals surface area (Å²) in [5, 5.41) is 2.84. The molecule has 134 valence electrons. The predicted octanol–water partition coefficient (Wildman–Crippen LogP) is 3.85. The molecule has 2 aromatic carbocycles. The Hall–Kier alpha value is -2.63. The van der Waals surface area contributed by atoms with Gasteiger partial charge in [-0.1, -0.05) is 12.1 Å². The number of halogens is 2. The van der Waals surface area contributed by atoms with Gasteiger partial charge in [-0.15, -0.1) is 0 Å². The van der Waals surface area contributed by atoms with Gasteiger partial charge in [-0.3, -0.25) is 4.79 Å². The van der Waals surface area contributed by atoms with Gasteiger partial charge in [0.25, 0.3) is 5.91 Å². The molecule has 0 fully saturated rings. The van der Waals surface area contributed by atoms with E-state index < -0.39 is 6.61 Å². The first-order valence-electron chi connectivity index (χ1n) is 8.14. The van der Waals surface area contributed by atoms with Crippen LogP contribution < -0.4 is 15.0 Å². The van der Waals surface area contributed by atoms with Gasteiger partial charge >= 0.3 is 6.61 Å². The van der Waals surface area contributed by atoms with E-state index in [4.69, 9.17) is 0 Å². The first-order chi connectivity index (χ1) is 12.0. The highest BCUT2D eigenvalue weighted by Gasteiger charge is 2.09. The molecule has 0 aliphatic carbocycles. The molecule has 6 heteroatoms. The van der Waals surface area contributed by atoms with Crippen molar-refractivity contribution in [3.63, 3.8) is 0 Å². The molecule has 0 radical (unpaired) electrons. The molecular weight excluding hydrogens is 326 g/mol. The summed E-state index contributed by atoms with van der Waals surface area (Å²) >= 11 is 0. The second kappa shape index (κ2) is 9.01. The van der Waals surface area contributed by atoms with Crippen molar-refractivity contribution in [2.45, 2.75) is 20.5 Å². The van der Waals surface area contributed by atoms with Crippen LogP contribution in [0.3, 0.4) is 0 Å². The Balaban J connectivity index is 1.86. The lowest BCUT2D eigenvalue weighted by atomic mass is 10.2. The molecule has 0 spiro atoms. The molecule has 4 nitrogen and oxygen atoms in total. The van der Waals surface area contributed by atoms with Crippen LogP contribution in [-0.4, -0.2) is 32.2 Å². The van der Waals surface area contributed by atoms with Gasteiger partial charge in [0.1, 0.15) is 5.75 Å². The number of nitrogens with zero attached hydrogens (tertiary/aromatic N) is 1. The summed E-state index contributed by atoms with van der Waals surface area (Å²) in [6, 6.07) is 13.8. The standard InChI is InChI=1S/C19H22F2N2O2/c1-3-23(16-6-4-5-14(2)13-16)12-11-22-18(24)15-7-9-17(10-8-15)25-19(20)21/h4-10,13,19H,3,11-12H2,1-2H3,(H,22,24). The van der Waals surface area contributed by atoms with E-state index in [2.05, 4.69) is 27.9 Å². The van der Waals surface area contributed by atoms with E-state index in [1.54, 1.807) is 0 Å². The van der Waals surface area contributed by atoms with Crippen molar-refractivity contribution in [1.82, 2.24) is 5.32 Å². The average molecular weight is 348 g/mol. The summed E-state index contributed by atoms with van der Waals surface area (Å²) in [5.74, 6) is -0.216. The predicted molar refractivity (Wildman–Crippen MR) is 94.5 cm³/mol. The van der Waals surface area contributed by atoms with E-state index in [-0.39, 0.29) is 11.7 Å². The Bertz CT molecular complexity index is 690. The molecule has 1 N–H and O–H groups in total. The summed E-state index contributed by atoms with van der Waals surface area (Å²) in [6.45, 7) is 3.22. The van der Waals surface area contributed by atoms with Crippen molar-refractivity contribution in [2.24, 2.45) is 0 Å². The first kappa shape index (κ1) is 18.7. The van der Waals surface area contributed by atoms with Gasteiger partial charge in [0, 0.05) is 30.9 Å². The van der Waals surface area contributed by atoms with E-state index in [9.17, 15) is 13.6 Å². The van der Waals surface area contributed by atoms with E-state index in [1.165, 1.54) is 29.8 Å². The number of carbonyl (C=O) groups is 1. The maximum absolute atomic E-state index is 12.1. The van der Waals surface area contributed by atoms with E-state index in [0.29, 0.717) is 18.7 Å². The Labute approximate surface area is 146 Å². The van der Waals surface area contributed by atoms with Crippen molar-refractivity contribution >= 4 is 11.6 Å². The third-order valence-corrected chi connectivity index (χ3v) is 3.76. The summed E-state index contributed by atoms with van der Waals surface area (Å²) in [4.78, 5) is 14.3. The number of likely N-dealkylation sites (N-methyl/N-ethyl adjacent to an activating group) is 1. The van der Waals surface area contributed by atoms with Crippen LogP contribution in [0.4, 0.5) is 14.5 Å². The molecule has 0 saturated heterocycles. The number of aryl methyl sites for hydroxylation is 1. The largest absolute Gasteiger partial charge is 0.435 e. The molecule has 1 amide bonds. The molecule has 25 heavy (non-hydrogen) atoms. The summed E-state index contributed by atoms with van der Waals surface area (Å²) < 4.78 is 28.5. The topological polar surface area (TPSA) is 41.6 Å². The highest BCUT2D eigenvalue weighted by molar-refractivity contribution is 5.94. The van der Waals surface area contributed by atoms with E-state index in [0.717, 1.165) is 12.2 Å². The third-order valence-electron chi connectivity index (χ3n) is 3.76. The second-order valence-corrected chi connectivity index (χ2v) is 5.58. The Morgan fingerprint density at radius 1 is 1.20 bits per heavy atom. The minimum Gasteiger partial charge on any atom is -0.435 e. The number of carbonyl (C=O) groups excluding carboxylic acids is 1. The first-order valence-corrected chi connectivity index (χ1v) is 8.14. The normalized spacial score (nSPS) is 10.6. The Morgan fingerprint density at radius 3 is 2.52 bits per heavy atom. The van der Waals surface area contributed by atoms with Crippen LogP contribution in [0, 0.1) is 6.92 Å². The minimum atomic E-state index is -2.87. The SMILES string of the molecule is CCN(CCNC(=O)c1ccc(OC(F)F)cc1)c1cccc(C)c1. The molecule has 0 aliphatic heterocycles. The lowest BCUT2D eigenvalue weighted by molar-refractivity contribution is -0.0498. The van der Waals surface area contributed by atoms with Crippen LogP contribution in [0.15, 0.2) is 48.5 Å². The van der Waals surface area contributed by atoms with Crippen LogP contribution in [0.25, 0.3) is 0 Å². The van der Waals surface area contributed by atoms with Gasteiger partial charge in [-0.2, -0.15) is 8.78 Å². The molecule has 0 aromatic heterocycles. The number of hydrogen-bond donors (Lipinski definition) is 1. The van der Waals surface area contributed by atoms with Crippen molar-refractivity contribution in [3.8, 4) is 5.75 Å². The molecular formula is C19H22F2N2O2. The van der Waals surface area contributed by atoms with Crippen LogP contribution in [-0.2, 0) is 0 Å². The zero-order valence-electron chi connectivity index (χ0n) is 14.3. The lowest BCUT2D eigenvalue weighted by Gasteiger charge is -2.23. The van der Waals surface area contributed by atoms with Crippen molar-refractivity contribution < 1.29 is 18.3 Å². The maximum atomic E-state index is 12.1. The van der Waals surface area contributed by atoms with Gasteiger partial charge < -0.3 is 15.0 Å². The minimum absolute atomic E-state index is 0.0307. The molecule has 0 unspecified atom stereocenters. The zero-order valence-corrected chi connectivity index (χ0v) is 14.3. The fourth-order valence-electron chi connectivity index (χ4n) is 2.49. The molecule has 0 saturated carbocycles. The van der Waals surface area contributed by atoms with Crippen molar-refractivity contribution in [2.75, 3.05) is 24.5 Å². The quantitative estimate of drug-likeness (QED) is 0.788. The van der Waals surface area contributed by atoms with Crippen LogP contribution in [0.1, 0.15) is 22.8 Å². The second-order valence-electron chi connectivity index (χ2n) is 5.58. The zero-order chi connectivity index (χ0) is 18.2. The summed E-state index contributed by atoms with van der Waals surface area (Å²) in [7, 11) is 0. The number of amides is 1. The fraction of sp³-hybridized carbons (Fsp3) is 0.316. The molecule has 0 bridgehead atoms. The average Bonchev–Trinajstić information content (AvgIpc) is 2.58. The van der Waals surface area contributed by atoms with Gasteiger partial charge in [0.15, 0.2) is 0 Å². The summed E-state index contributed by atoms with van der Waals surface area (Å²) in [5.41, 5.74) is 2.71. The van der Waals surface area contributed by atoms with Crippen LogP contribution in [0.2, 0.25) is 0 Å². The summed E-state index contributed by atoms with van der Waals surface area (Å²) in [6.07, 6.45) is 0. The Kier molecular flexibility index (Phi) is 6.74. The third kappa shape index (κ3) is 5.74. The monoisotopic (exact) mass is 348 g/mol. The molecule has 0 heterocycles. The molecule has 2 rings (SSSR count). The number of rotatable bonds is 8. The van der Waals surface area contributed by atoms with Gasteiger partial charge in [-0.25, -0.2) is 0 Å². The van der Waals surface area contributed by atoms with Gasteiger partial charge in [0.05, 0.1) is 0 Å². The van der Waals surface area contributed by atoms with Crippen LogP contribution >= 0.6 is 0 Å². The fourth-order valence-corrected chi connectivity index (χ4v) is 2.49. The number of benzene rings is 2. The van der Waals surface area contributed by atoms with Gasteiger partial charge in [-0.05, 0) is 55.8 Å². The van der Waals surface area contributed by atoms with Crippen LogP contribution in [0.5, 0.6) is 5.75 Å². The number of alkyl halides is 2. The van der Waals surface area contributed by atoms with Crippen molar-refractivity contribution in [3.05, 3.63) is 59.7 Å². The van der Waals surface area contributed by atoms with Gasteiger partial charge in [0.2, 0.25) is 0 Å². The molecule has 2 aromatic rings. The number of nitrogens with one attached hydrogen (secondary N) is 1. The number of anilines is 1. The highest BCUT2D eigenvalue weighted by Crippen LogP contribution is 2.16.